The minimum atomic E-state index is -4.83. The maximum atomic E-state index is 13.4. The second-order valence-electron chi connectivity index (χ2n) is 5.88. The number of methoxy groups -OCH3 is 1. The van der Waals surface area contributed by atoms with Gasteiger partial charge in [-0.1, -0.05) is 6.07 Å². The van der Waals surface area contributed by atoms with Crippen molar-refractivity contribution in [2.75, 3.05) is 7.11 Å². The van der Waals surface area contributed by atoms with Crippen LogP contribution in [0.15, 0.2) is 41.3 Å². The number of benzene rings is 2. The van der Waals surface area contributed by atoms with Crippen molar-refractivity contribution in [2.24, 2.45) is 0 Å². The van der Waals surface area contributed by atoms with E-state index in [-0.39, 0.29) is 16.2 Å². The fraction of sp³-hybridized carbons (Fsp3) is 0.105. The molecule has 156 valence electrons. The van der Waals surface area contributed by atoms with Crippen molar-refractivity contribution in [3.8, 4) is 17.2 Å². The highest BCUT2D eigenvalue weighted by molar-refractivity contribution is 8.18. The van der Waals surface area contributed by atoms with Gasteiger partial charge >= 0.3 is 12.1 Å². The zero-order valence-electron chi connectivity index (χ0n) is 15.1. The van der Waals surface area contributed by atoms with E-state index in [1.807, 2.05) is 0 Å². The lowest BCUT2D eigenvalue weighted by molar-refractivity contribution is -0.138. The highest BCUT2D eigenvalue weighted by atomic mass is 32.2. The third-order valence-electron chi connectivity index (χ3n) is 3.85. The Morgan fingerprint density at radius 3 is 2.40 bits per heavy atom. The summed E-state index contributed by atoms with van der Waals surface area (Å²) < 4.78 is 49.8. The van der Waals surface area contributed by atoms with E-state index in [4.69, 9.17) is 4.74 Å². The summed E-state index contributed by atoms with van der Waals surface area (Å²) >= 11 is 0.677. The highest BCUT2D eigenvalue weighted by Gasteiger charge is 2.35. The molecule has 2 N–H and O–H groups in total. The molecule has 0 bridgehead atoms. The van der Waals surface area contributed by atoms with Gasteiger partial charge in [-0.3, -0.25) is 14.9 Å². The summed E-state index contributed by atoms with van der Waals surface area (Å²) in [5.74, 6) is -2.95. The van der Waals surface area contributed by atoms with Crippen LogP contribution in [-0.4, -0.2) is 29.3 Å². The van der Waals surface area contributed by atoms with Gasteiger partial charge in [-0.2, -0.15) is 13.2 Å². The number of halogens is 3. The number of amides is 2. The zero-order chi connectivity index (χ0) is 22.1. The van der Waals surface area contributed by atoms with E-state index in [1.165, 1.54) is 18.2 Å². The van der Waals surface area contributed by atoms with Gasteiger partial charge in [-0.25, -0.2) is 4.79 Å². The Balaban J connectivity index is 1.91. The van der Waals surface area contributed by atoms with E-state index < -0.39 is 40.4 Å². The first-order valence-electron chi connectivity index (χ1n) is 8.14. The highest BCUT2D eigenvalue weighted by Crippen LogP contribution is 2.41. The molecule has 0 atom stereocenters. The van der Waals surface area contributed by atoms with Crippen molar-refractivity contribution < 1.29 is 42.1 Å². The molecule has 1 fully saturated rings. The number of phenolic OH excluding ortho intramolecular Hbond substituents is 1. The first kappa shape index (κ1) is 21.2. The van der Waals surface area contributed by atoms with Crippen LogP contribution in [0.1, 0.15) is 21.5 Å². The van der Waals surface area contributed by atoms with E-state index in [1.54, 1.807) is 0 Å². The summed E-state index contributed by atoms with van der Waals surface area (Å²) in [4.78, 5) is 34.4. The molecular weight excluding hydrogens is 427 g/mol. The third kappa shape index (κ3) is 4.57. The van der Waals surface area contributed by atoms with Crippen LogP contribution in [-0.2, 0) is 15.7 Å². The molecule has 0 saturated carbocycles. The van der Waals surface area contributed by atoms with Gasteiger partial charge in [-0.05, 0) is 53.7 Å². The number of thioether (sulfide) groups is 1. The van der Waals surface area contributed by atoms with Crippen molar-refractivity contribution in [3.05, 3.63) is 58.0 Å². The van der Waals surface area contributed by atoms with Crippen molar-refractivity contribution in [1.29, 1.82) is 0 Å². The molecule has 0 aromatic heterocycles. The number of aromatic hydroxyl groups is 1. The summed E-state index contributed by atoms with van der Waals surface area (Å²) in [6.45, 7) is 0. The molecule has 2 amide bonds. The Morgan fingerprint density at radius 2 is 1.83 bits per heavy atom. The van der Waals surface area contributed by atoms with Crippen LogP contribution in [0.4, 0.5) is 18.0 Å². The molecule has 7 nitrogen and oxygen atoms in total. The molecule has 1 heterocycles. The molecule has 0 aliphatic carbocycles. The third-order valence-corrected chi connectivity index (χ3v) is 4.66. The van der Waals surface area contributed by atoms with Crippen LogP contribution < -0.4 is 10.1 Å². The van der Waals surface area contributed by atoms with Crippen LogP contribution in [0.5, 0.6) is 17.2 Å². The molecule has 1 aliphatic rings. The number of hydrogen-bond acceptors (Lipinski definition) is 7. The summed E-state index contributed by atoms with van der Waals surface area (Å²) in [6.07, 6.45) is -3.50. The van der Waals surface area contributed by atoms with Crippen molar-refractivity contribution in [1.82, 2.24) is 5.32 Å². The molecule has 1 aliphatic heterocycles. The predicted molar refractivity (Wildman–Crippen MR) is 100 cm³/mol. The van der Waals surface area contributed by atoms with Crippen LogP contribution in [0, 0.1) is 0 Å². The van der Waals surface area contributed by atoms with E-state index in [0.29, 0.717) is 23.4 Å². The quantitative estimate of drug-likeness (QED) is 0.541. The van der Waals surface area contributed by atoms with Gasteiger partial charge in [0.05, 0.1) is 23.1 Å². The molecule has 30 heavy (non-hydrogen) atoms. The largest absolute Gasteiger partial charge is 0.504 e. The van der Waals surface area contributed by atoms with Gasteiger partial charge in [0.15, 0.2) is 11.5 Å². The Morgan fingerprint density at radius 1 is 1.13 bits per heavy atom. The first-order valence-corrected chi connectivity index (χ1v) is 8.95. The molecule has 11 heteroatoms. The Hall–Kier alpha value is -3.47. The summed E-state index contributed by atoms with van der Waals surface area (Å²) in [5.41, 5.74) is -1.22. The molecular formula is C19H12F3NO6S. The maximum Gasteiger partial charge on any atom is 0.420 e. The van der Waals surface area contributed by atoms with Crippen molar-refractivity contribution in [3.63, 3.8) is 0 Å². The number of phenols is 1. The number of rotatable bonds is 4. The van der Waals surface area contributed by atoms with Crippen LogP contribution >= 0.6 is 11.8 Å². The second-order valence-corrected chi connectivity index (χ2v) is 6.90. The van der Waals surface area contributed by atoms with Crippen molar-refractivity contribution in [2.45, 2.75) is 6.18 Å². The monoisotopic (exact) mass is 439 g/mol. The fourth-order valence-corrected chi connectivity index (χ4v) is 3.17. The van der Waals surface area contributed by atoms with E-state index in [2.05, 4.69) is 10.1 Å². The van der Waals surface area contributed by atoms with E-state index in [0.717, 1.165) is 25.3 Å². The van der Waals surface area contributed by atoms with E-state index >= 15 is 0 Å². The van der Waals surface area contributed by atoms with Gasteiger partial charge in [0.25, 0.3) is 11.1 Å². The molecule has 1 saturated heterocycles. The number of hydrogen-bond donors (Lipinski definition) is 2. The number of imide groups is 1. The van der Waals surface area contributed by atoms with Crippen LogP contribution in [0.3, 0.4) is 0 Å². The lowest BCUT2D eigenvalue weighted by Gasteiger charge is -2.15. The molecule has 2 aromatic carbocycles. The minimum Gasteiger partial charge on any atom is -0.504 e. The van der Waals surface area contributed by atoms with Crippen LogP contribution in [0.25, 0.3) is 6.08 Å². The van der Waals surface area contributed by atoms with E-state index in [9.17, 15) is 32.7 Å². The zero-order valence-corrected chi connectivity index (χ0v) is 15.9. The Labute approximate surface area is 171 Å². The first-order chi connectivity index (χ1) is 14.1. The summed E-state index contributed by atoms with van der Waals surface area (Å²) in [5, 5.41) is 11.7. The van der Waals surface area contributed by atoms with Gasteiger partial charge in [0, 0.05) is 0 Å². The number of alkyl halides is 3. The Bertz CT molecular complexity index is 1080. The lowest BCUT2D eigenvalue weighted by atomic mass is 10.1. The Kier molecular flexibility index (Phi) is 5.74. The number of ether oxygens (including phenoxy) is 2. The molecule has 0 radical (unpaired) electrons. The standard InChI is InChI=1S/C19H12F3NO6S/c1-28-17(26)10-3-5-13(11(8-10)19(20,21)22)29-14-4-2-9(6-12(14)24)7-15-16(25)23-18(27)30-15/h2-8,24H,1H3,(H,23,25,27)/b15-7-. The predicted octanol–water partition coefficient (Wildman–Crippen LogP) is 4.31. The molecule has 0 spiro atoms. The lowest BCUT2D eigenvalue weighted by Crippen LogP contribution is -2.17. The van der Waals surface area contributed by atoms with Gasteiger partial charge in [0.2, 0.25) is 0 Å². The van der Waals surface area contributed by atoms with Crippen LogP contribution in [0.2, 0.25) is 0 Å². The fourth-order valence-electron chi connectivity index (χ4n) is 2.49. The molecule has 0 unspecified atom stereocenters. The average Bonchev–Trinajstić information content (AvgIpc) is 2.99. The molecule has 2 aromatic rings. The number of carbonyl (C=O) groups is 3. The topological polar surface area (TPSA) is 102 Å². The second kappa shape index (κ2) is 8.11. The minimum absolute atomic E-state index is 0.103. The van der Waals surface area contributed by atoms with Gasteiger partial charge < -0.3 is 14.6 Å². The van der Waals surface area contributed by atoms with Crippen molar-refractivity contribution >= 4 is 35.0 Å². The number of esters is 1. The average molecular weight is 439 g/mol. The summed E-state index contributed by atoms with van der Waals surface area (Å²) in [6, 6.07) is 6.37. The van der Waals surface area contributed by atoms with Gasteiger partial charge in [0.1, 0.15) is 5.75 Å². The smallest absolute Gasteiger partial charge is 0.420 e. The SMILES string of the molecule is COC(=O)c1ccc(Oc2ccc(/C=C3\SC(=O)NC3=O)cc2O)c(C(F)(F)F)c1. The number of nitrogens with one attached hydrogen (secondary N) is 1. The van der Waals surface area contributed by atoms with Gasteiger partial charge in [-0.15, -0.1) is 0 Å². The maximum absolute atomic E-state index is 13.4. The normalized spacial score (nSPS) is 15.3. The molecule has 3 rings (SSSR count). The number of carbonyl (C=O) groups excluding carboxylic acids is 3. The summed E-state index contributed by atoms with van der Waals surface area (Å²) in [7, 11) is 1.04.